The lowest BCUT2D eigenvalue weighted by molar-refractivity contribution is -0.160. The second kappa shape index (κ2) is 6.99. The predicted molar refractivity (Wildman–Crippen MR) is 77.6 cm³/mol. The van der Waals surface area contributed by atoms with Crippen molar-refractivity contribution in [3.63, 3.8) is 0 Å². The molecule has 1 fully saturated rings. The molecule has 1 heterocycles. The first-order chi connectivity index (χ1) is 9.56. The van der Waals surface area contributed by atoms with Gasteiger partial charge in [0.15, 0.2) is 5.78 Å². The molecule has 0 spiro atoms. The van der Waals surface area contributed by atoms with Crippen LogP contribution in [0, 0.1) is 0 Å². The smallest absolute Gasteiger partial charge is 0.302 e. The molecule has 0 amide bonds. The van der Waals surface area contributed by atoms with E-state index in [2.05, 4.69) is 15.9 Å². The molecule has 0 N–H and O–H groups in total. The number of Topliss-reactive ketones (excluding diaryl/α,β-unsaturated/α-hetero) is 1. The lowest BCUT2D eigenvalue weighted by Crippen LogP contribution is -2.38. The minimum absolute atomic E-state index is 0.00144. The molecule has 0 unspecified atom stereocenters. The van der Waals surface area contributed by atoms with Gasteiger partial charge < -0.3 is 9.47 Å². The molecule has 0 radical (unpaired) electrons. The average Bonchev–Trinajstić information content (AvgIpc) is 2.41. The van der Waals surface area contributed by atoms with Gasteiger partial charge in [0.1, 0.15) is 12.2 Å². The topological polar surface area (TPSA) is 52.6 Å². The molecule has 1 aliphatic rings. The molecule has 0 aliphatic carbocycles. The lowest BCUT2D eigenvalue weighted by Gasteiger charge is -2.30. The van der Waals surface area contributed by atoms with E-state index in [1.165, 1.54) is 6.92 Å². The highest BCUT2D eigenvalue weighted by Crippen LogP contribution is 2.22. The van der Waals surface area contributed by atoms with Crippen LogP contribution in [-0.4, -0.2) is 30.6 Å². The molecule has 0 saturated carbocycles. The molecule has 0 bridgehead atoms. The summed E-state index contributed by atoms with van der Waals surface area (Å²) in [7, 11) is 0. The van der Waals surface area contributed by atoms with Crippen LogP contribution in [0.15, 0.2) is 28.7 Å². The Bertz CT molecular complexity index is 483. The van der Waals surface area contributed by atoms with Crippen molar-refractivity contribution in [2.45, 2.75) is 38.4 Å². The third kappa shape index (κ3) is 4.15. The van der Waals surface area contributed by atoms with E-state index in [9.17, 15) is 9.59 Å². The van der Waals surface area contributed by atoms with Crippen LogP contribution in [0.4, 0.5) is 0 Å². The summed E-state index contributed by atoms with van der Waals surface area (Å²) in [5.74, 6) is -0.330. The van der Waals surface area contributed by atoms with Gasteiger partial charge in [0.05, 0.1) is 0 Å². The van der Waals surface area contributed by atoms with E-state index >= 15 is 0 Å². The second-order valence-corrected chi connectivity index (χ2v) is 5.75. The first kappa shape index (κ1) is 15.2. The summed E-state index contributed by atoms with van der Waals surface area (Å²) in [5.41, 5.74) is 0.643. The van der Waals surface area contributed by atoms with Crippen molar-refractivity contribution < 1.29 is 19.1 Å². The quantitative estimate of drug-likeness (QED) is 0.624. The maximum Gasteiger partial charge on any atom is 0.302 e. The van der Waals surface area contributed by atoms with Crippen LogP contribution in [0.5, 0.6) is 0 Å². The second-order valence-electron chi connectivity index (χ2n) is 4.83. The van der Waals surface area contributed by atoms with Crippen LogP contribution in [0.3, 0.4) is 0 Å². The number of benzene rings is 1. The largest absolute Gasteiger partial charge is 0.460 e. The highest BCUT2D eigenvalue weighted by molar-refractivity contribution is 9.10. The van der Waals surface area contributed by atoms with Crippen molar-refractivity contribution in [2.75, 3.05) is 6.61 Å². The third-order valence-electron chi connectivity index (χ3n) is 3.25. The Morgan fingerprint density at radius 3 is 2.70 bits per heavy atom. The molecule has 2 atom stereocenters. The number of ketones is 1. The van der Waals surface area contributed by atoms with Gasteiger partial charge >= 0.3 is 5.97 Å². The minimum Gasteiger partial charge on any atom is -0.460 e. The van der Waals surface area contributed by atoms with E-state index in [4.69, 9.17) is 9.47 Å². The van der Waals surface area contributed by atoms with Crippen LogP contribution in [0.25, 0.3) is 0 Å². The van der Waals surface area contributed by atoms with Crippen LogP contribution in [0.2, 0.25) is 0 Å². The number of carbonyl (C=O) groups excluding carboxylic acids is 2. The van der Waals surface area contributed by atoms with Crippen molar-refractivity contribution in [1.29, 1.82) is 0 Å². The van der Waals surface area contributed by atoms with Gasteiger partial charge in [0.25, 0.3) is 0 Å². The van der Waals surface area contributed by atoms with Crippen LogP contribution >= 0.6 is 15.9 Å². The van der Waals surface area contributed by atoms with Gasteiger partial charge in [-0.1, -0.05) is 28.1 Å². The van der Waals surface area contributed by atoms with Gasteiger partial charge in [-0.2, -0.15) is 0 Å². The Hall–Kier alpha value is -1.20. The number of carbonyl (C=O) groups is 2. The van der Waals surface area contributed by atoms with Crippen molar-refractivity contribution in [2.24, 2.45) is 0 Å². The van der Waals surface area contributed by atoms with Gasteiger partial charge in [-0.3, -0.25) is 9.59 Å². The standard InChI is InChI=1S/C15H17BrO4/c1-10(17)20-14-3-2-8-19-15(14)9-13(18)11-4-6-12(16)7-5-11/h4-7,14-15H,2-3,8-9H2,1H3/t14-,15+/m0/s1. The number of esters is 1. The molecule has 2 rings (SSSR count). The molecule has 5 heteroatoms. The minimum atomic E-state index is -0.344. The molecule has 4 nitrogen and oxygen atoms in total. The van der Waals surface area contributed by atoms with Gasteiger partial charge in [-0.05, 0) is 25.0 Å². The molecular formula is C15H17BrO4. The normalized spacial score (nSPS) is 22.3. The van der Waals surface area contributed by atoms with Gasteiger partial charge in [-0.15, -0.1) is 0 Å². The van der Waals surface area contributed by atoms with E-state index in [0.717, 1.165) is 17.3 Å². The number of hydrogen-bond acceptors (Lipinski definition) is 4. The van der Waals surface area contributed by atoms with Crippen molar-refractivity contribution >= 4 is 27.7 Å². The first-order valence-corrected chi connectivity index (χ1v) is 7.43. The third-order valence-corrected chi connectivity index (χ3v) is 3.78. The Labute approximate surface area is 126 Å². The first-order valence-electron chi connectivity index (χ1n) is 6.64. The SMILES string of the molecule is CC(=O)O[C@H]1CCCO[C@@H]1CC(=O)c1ccc(Br)cc1. The monoisotopic (exact) mass is 340 g/mol. The van der Waals surface area contributed by atoms with Gasteiger partial charge in [-0.25, -0.2) is 0 Å². The molecule has 1 aromatic carbocycles. The zero-order valence-electron chi connectivity index (χ0n) is 11.3. The summed E-state index contributed by atoms with van der Waals surface area (Å²) in [5, 5.41) is 0. The number of hydrogen-bond donors (Lipinski definition) is 0. The van der Waals surface area contributed by atoms with Gasteiger partial charge in [0, 0.05) is 30.0 Å². The fraction of sp³-hybridized carbons (Fsp3) is 0.467. The average molecular weight is 341 g/mol. The summed E-state index contributed by atoms with van der Waals surface area (Å²) < 4.78 is 11.8. The van der Waals surface area contributed by atoms with Crippen molar-refractivity contribution in [3.05, 3.63) is 34.3 Å². The van der Waals surface area contributed by atoms with Crippen LogP contribution < -0.4 is 0 Å². The van der Waals surface area contributed by atoms with E-state index in [-0.39, 0.29) is 30.4 Å². The number of ether oxygens (including phenoxy) is 2. The van der Waals surface area contributed by atoms with E-state index in [1.54, 1.807) is 12.1 Å². The van der Waals surface area contributed by atoms with E-state index in [1.807, 2.05) is 12.1 Å². The van der Waals surface area contributed by atoms with Gasteiger partial charge in [0.2, 0.25) is 0 Å². The molecule has 108 valence electrons. The Morgan fingerprint density at radius 1 is 1.35 bits per heavy atom. The fourth-order valence-electron chi connectivity index (χ4n) is 2.29. The van der Waals surface area contributed by atoms with E-state index < -0.39 is 0 Å². The molecular weight excluding hydrogens is 324 g/mol. The fourth-order valence-corrected chi connectivity index (χ4v) is 2.55. The summed E-state index contributed by atoms with van der Waals surface area (Å²) in [6, 6.07) is 7.21. The number of rotatable bonds is 4. The van der Waals surface area contributed by atoms with E-state index in [0.29, 0.717) is 12.2 Å². The van der Waals surface area contributed by atoms with Crippen molar-refractivity contribution in [3.8, 4) is 0 Å². The summed E-state index contributed by atoms with van der Waals surface area (Å²) in [6.07, 6.45) is 1.17. The molecule has 0 aromatic heterocycles. The summed E-state index contributed by atoms with van der Waals surface area (Å²) in [6.45, 7) is 1.98. The Kier molecular flexibility index (Phi) is 5.31. The molecule has 1 aromatic rings. The number of halogens is 1. The van der Waals surface area contributed by atoms with Crippen LogP contribution in [-0.2, 0) is 14.3 Å². The zero-order valence-corrected chi connectivity index (χ0v) is 12.9. The Balaban J connectivity index is 2.00. The maximum atomic E-state index is 12.2. The molecule has 20 heavy (non-hydrogen) atoms. The Morgan fingerprint density at radius 2 is 2.05 bits per heavy atom. The molecule has 1 saturated heterocycles. The maximum absolute atomic E-state index is 12.2. The predicted octanol–water partition coefficient (Wildman–Crippen LogP) is 3.13. The van der Waals surface area contributed by atoms with Crippen molar-refractivity contribution in [1.82, 2.24) is 0 Å². The highest BCUT2D eigenvalue weighted by atomic mass is 79.9. The zero-order chi connectivity index (χ0) is 14.5. The van der Waals surface area contributed by atoms with Crippen LogP contribution in [0.1, 0.15) is 36.5 Å². The summed E-state index contributed by atoms with van der Waals surface area (Å²) >= 11 is 3.34. The lowest BCUT2D eigenvalue weighted by atomic mass is 9.97. The summed E-state index contributed by atoms with van der Waals surface area (Å²) in [4.78, 5) is 23.3. The highest BCUT2D eigenvalue weighted by Gasteiger charge is 2.30. The molecule has 1 aliphatic heterocycles.